The first-order valence-electron chi connectivity index (χ1n) is 13.8. The summed E-state index contributed by atoms with van der Waals surface area (Å²) in [5, 5.41) is 1.84. The van der Waals surface area contributed by atoms with Crippen LogP contribution in [0.1, 0.15) is 80.6 Å². The minimum Gasteiger partial charge on any atom is -0.339 e. The van der Waals surface area contributed by atoms with E-state index in [4.69, 9.17) is 0 Å². The Morgan fingerprint density at radius 2 is 1.51 bits per heavy atom. The zero-order chi connectivity index (χ0) is 23.9. The van der Waals surface area contributed by atoms with Gasteiger partial charge in [0.1, 0.15) is 5.52 Å². The number of carbonyl (C=O) groups excluding carboxylic acids is 1. The summed E-state index contributed by atoms with van der Waals surface area (Å²) in [6.45, 7) is 4.02. The van der Waals surface area contributed by atoms with Crippen LogP contribution in [0.15, 0.2) is 35.3 Å². The number of benzene rings is 1. The molecule has 1 aliphatic carbocycles. The zero-order valence-corrected chi connectivity index (χ0v) is 21.0. The maximum absolute atomic E-state index is 14.1. The quantitative estimate of drug-likeness (QED) is 0.531. The predicted molar refractivity (Wildman–Crippen MR) is 141 cm³/mol. The van der Waals surface area contributed by atoms with Gasteiger partial charge in [-0.25, -0.2) is 0 Å². The molecule has 1 saturated carbocycles. The fourth-order valence-corrected chi connectivity index (χ4v) is 6.98. The summed E-state index contributed by atoms with van der Waals surface area (Å²) in [4.78, 5) is 32.6. The third-order valence-electron chi connectivity index (χ3n) is 8.94. The van der Waals surface area contributed by atoms with Crippen molar-refractivity contribution < 1.29 is 4.79 Å². The van der Waals surface area contributed by atoms with E-state index in [1.807, 2.05) is 39.4 Å². The molecule has 0 atom stereocenters. The lowest BCUT2D eigenvalue weighted by atomic mass is 9.94. The molecule has 3 aromatic rings. The summed E-state index contributed by atoms with van der Waals surface area (Å²) in [5.41, 5.74) is 2.44. The van der Waals surface area contributed by atoms with E-state index in [2.05, 4.69) is 17.0 Å². The van der Waals surface area contributed by atoms with Gasteiger partial charge in [-0.1, -0.05) is 43.9 Å². The van der Waals surface area contributed by atoms with Gasteiger partial charge in [-0.05, 0) is 57.7 Å². The van der Waals surface area contributed by atoms with Crippen molar-refractivity contribution in [1.82, 2.24) is 18.9 Å². The van der Waals surface area contributed by atoms with E-state index in [1.54, 1.807) is 0 Å². The molecule has 1 amide bonds. The number of aromatic nitrogens is 2. The van der Waals surface area contributed by atoms with Crippen molar-refractivity contribution in [3.8, 4) is 0 Å². The first-order valence-corrected chi connectivity index (χ1v) is 13.8. The molecular weight excluding hydrogens is 436 g/mol. The van der Waals surface area contributed by atoms with Gasteiger partial charge < -0.3 is 18.9 Å². The summed E-state index contributed by atoms with van der Waals surface area (Å²) in [6, 6.07) is 8.92. The van der Waals surface area contributed by atoms with Crippen LogP contribution in [-0.2, 0) is 7.05 Å². The minimum atomic E-state index is 0.0472. The third kappa shape index (κ3) is 4.00. The van der Waals surface area contributed by atoms with Gasteiger partial charge in [0.25, 0.3) is 11.5 Å². The first kappa shape index (κ1) is 22.8. The molecule has 2 saturated heterocycles. The van der Waals surface area contributed by atoms with Crippen LogP contribution < -0.4 is 5.56 Å². The Morgan fingerprint density at radius 3 is 2.26 bits per heavy atom. The molecule has 0 bridgehead atoms. The molecule has 0 spiro atoms. The molecule has 3 fully saturated rings. The molecule has 2 aromatic heterocycles. The van der Waals surface area contributed by atoms with E-state index in [9.17, 15) is 9.59 Å². The van der Waals surface area contributed by atoms with Crippen molar-refractivity contribution in [2.24, 2.45) is 7.05 Å². The van der Waals surface area contributed by atoms with Crippen molar-refractivity contribution in [3.63, 3.8) is 0 Å². The third-order valence-corrected chi connectivity index (χ3v) is 8.94. The van der Waals surface area contributed by atoms with Gasteiger partial charge in [-0.15, -0.1) is 0 Å². The first-order chi connectivity index (χ1) is 17.1. The molecule has 6 rings (SSSR count). The second-order valence-electron chi connectivity index (χ2n) is 11.0. The van der Waals surface area contributed by atoms with E-state index in [-0.39, 0.29) is 17.5 Å². The van der Waals surface area contributed by atoms with Crippen molar-refractivity contribution in [1.29, 1.82) is 0 Å². The fraction of sp³-hybridized carbons (Fsp3) is 0.586. The second-order valence-corrected chi connectivity index (χ2v) is 11.0. The summed E-state index contributed by atoms with van der Waals surface area (Å²) in [7, 11) is 1.97. The normalized spacial score (nSPS) is 21.2. The lowest BCUT2D eigenvalue weighted by molar-refractivity contribution is 0.0590. The number of rotatable bonds is 3. The standard InChI is InChI=1S/C29H38N4O2/c1-30-25-13-7-6-12-23(25)26-24(20-33(29(35)27(26)30)22-10-4-2-5-11-22)28(34)32-18-14-21(15-19-32)31-16-8-3-9-17-31/h6-7,12-13,20-22H,2-5,8-11,14-19H2,1H3. The van der Waals surface area contributed by atoms with Crippen molar-refractivity contribution >= 4 is 27.7 Å². The van der Waals surface area contributed by atoms with Crippen molar-refractivity contribution in [2.75, 3.05) is 26.2 Å². The van der Waals surface area contributed by atoms with Crippen LogP contribution in [0.5, 0.6) is 0 Å². The highest BCUT2D eigenvalue weighted by atomic mass is 16.2. The van der Waals surface area contributed by atoms with Crippen LogP contribution in [0, 0.1) is 0 Å². The van der Waals surface area contributed by atoms with Crippen LogP contribution in [0.3, 0.4) is 0 Å². The maximum atomic E-state index is 14.1. The number of fused-ring (bicyclic) bond motifs is 3. The Hall–Kier alpha value is -2.60. The van der Waals surface area contributed by atoms with Gasteiger partial charge in [-0.3, -0.25) is 9.59 Å². The smallest absolute Gasteiger partial charge is 0.275 e. The highest BCUT2D eigenvalue weighted by Crippen LogP contribution is 2.33. The number of aryl methyl sites for hydroxylation is 1. The number of nitrogens with zero attached hydrogens (tertiary/aromatic N) is 4. The highest BCUT2D eigenvalue weighted by molar-refractivity contribution is 6.17. The maximum Gasteiger partial charge on any atom is 0.275 e. The van der Waals surface area contributed by atoms with E-state index < -0.39 is 0 Å². The molecule has 2 aliphatic heterocycles. The number of para-hydroxylation sites is 1. The number of hydrogen-bond donors (Lipinski definition) is 0. The van der Waals surface area contributed by atoms with Crippen LogP contribution in [0.4, 0.5) is 0 Å². The molecule has 0 radical (unpaired) electrons. The van der Waals surface area contributed by atoms with Gasteiger partial charge >= 0.3 is 0 Å². The number of likely N-dealkylation sites (tertiary alicyclic amines) is 2. The average molecular weight is 475 g/mol. The summed E-state index contributed by atoms with van der Waals surface area (Å²) < 4.78 is 3.92. The van der Waals surface area contributed by atoms with Crippen LogP contribution >= 0.6 is 0 Å². The van der Waals surface area contributed by atoms with Gasteiger partial charge in [0, 0.05) is 54.7 Å². The van der Waals surface area contributed by atoms with Gasteiger partial charge in [0.05, 0.1) is 5.56 Å². The van der Waals surface area contributed by atoms with E-state index in [0.717, 1.165) is 67.9 Å². The van der Waals surface area contributed by atoms with Crippen molar-refractivity contribution in [2.45, 2.75) is 76.3 Å². The lowest BCUT2D eigenvalue weighted by Crippen LogP contribution is -2.48. The number of pyridine rings is 1. The molecule has 35 heavy (non-hydrogen) atoms. The van der Waals surface area contributed by atoms with E-state index in [1.165, 1.54) is 38.8 Å². The zero-order valence-electron chi connectivity index (χ0n) is 21.0. The molecule has 6 nitrogen and oxygen atoms in total. The Bertz CT molecular complexity index is 1290. The van der Waals surface area contributed by atoms with Gasteiger partial charge in [0.15, 0.2) is 0 Å². The molecular formula is C29H38N4O2. The lowest BCUT2D eigenvalue weighted by Gasteiger charge is -2.40. The number of piperidine rings is 2. The van der Waals surface area contributed by atoms with Crippen molar-refractivity contribution in [3.05, 3.63) is 46.4 Å². The topological polar surface area (TPSA) is 50.5 Å². The monoisotopic (exact) mass is 474 g/mol. The number of carbonyl (C=O) groups is 1. The Labute approximate surface area is 207 Å². The van der Waals surface area contributed by atoms with Crippen LogP contribution in [-0.4, -0.2) is 57.1 Å². The van der Waals surface area contributed by atoms with Gasteiger partial charge in [0.2, 0.25) is 0 Å². The van der Waals surface area contributed by atoms with Crippen LogP contribution in [0.25, 0.3) is 21.8 Å². The van der Waals surface area contributed by atoms with E-state index >= 15 is 0 Å². The number of hydrogen-bond acceptors (Lipinski definition) is 3. The Kier molecular flexibility index (Phi) is 6.17. The predicted octanol–water partition coefficient (Wildman–Crippen LogP) is 5.09. The second kappa shape index (κ2) is 9.45. The number of amides is 1. The molecule has 186 valence electrons. The molecule has 4 heterocycles. The summed E-state index contributed by atoms with van der Waals surface area (Å²) >= 11 is 0. The molecule has 0 N–H and O–H groups in total. The summed E-state index contributed by atoms with van der Waals surface area (Å²) in [6.07, 6.45) is 13.6. The Balaban J connectivity index is 1.39. The fourth-order valence-electron chi connectivity index (χ4n) is 6.98. The van der Waals surface area contributed by atoms with E-state index in [0.29, 0.717) is 17.1 Å². The highest BCUT2D eigenvalue weighted by Gasteiger charge is 2.31. The summed E-state index contributed by atoms with van der Waals surface area (Å²) in [5.74, 6) is 0.0907. The Morgan fingerprint density at radius 1 is 0.829 bits per heavy atom. The SMILES string of the molecule is Cn1c2ccccc2c2c(C(=O)N3CCC(N4CCCCC4)CC3)cn(C3CCCCC3)c(=O)c21. The molecule has 6 heteroatoms. The average Bonchev–Trinajstić information content (AvgIpc) is 3.23. The molecule has 0 unspecified atom stereocenters. The largest absolute Gasteiger partial charge is 0.339 e. The van der Waals surface area contributed by atoms with Gasteiger partial charge in [-0.2, -0.15) is 0 Å². The molecule has 1 aromatic carbocycles. The molecule has 3 aliphatic rings. The van der Waals surface area contributed by atoms with Crippen LogP contribution in [0.2, 0.25) is 0 Å². The minimum absolute atomic E-state index is 0.0472.